The molecule has 2 rings (SSSR count). The van der Waals surface area contributed by atoms with Gasteiger partial charge < -0.3 is 4.90 Å². The Morgan fingerprint density at radius 2 is 2.40 bits per heavy atom. The van der Waals surface area contributed by atoms with E-state index in [1.165, 1.54) is 22.3 Å². The number of nitrogens with zero attached hydrogens (tertiary/aromatic N) is 1. The zero-order chi connectivity index (χ0) is 10.8. The molecule has 1 aromatic rings. The lowest BCUT2D eigenvalue weighted by Crippen LogP contribution is -2.35. The SMILES string of the molecule is O=C(c1ccsc1Br)N1CCC=C(F)C1. The smallest absolute Gasteiger partial charge is 0.256 e. The van der Waals surface area contributed by atoms with Gasteiger partial charge in [0, 0.05) is 6.54 Å². The average molecular weight is 290 g/mol. The van der Waals surface area contributed by atoms with Gasteiger partial charge >= 0.3 is 0 Å². The van der Waals surface area contributed by atoms with Gasteiger partial charge in [-0.2, -0.15) is 0 Å². The van der Waals surface area contributed by atoms with Crippen molar-refractivity contribution < 1.29 is 9.18 Å². The van der Waals surface area contributed by atoms with Crippen LogP contribution in [0.25, 0.3) is 0 Å². The largest absolute Gasteiger partial charge is 0.332 e. The van der Waals surface area contributed by atoms with E-state index >= 15 is 0 Å². The Hall–Kier alpha value is -0.680. The first-order valence-electron chi connectivity index (χ1n) is 4.55. The standard InChI is InChI=1S/C10H9BrFNOS/c11-9-8(3-5-15-9)10(14)13-4-1-2-7(12)6-13/h2-3,5H,1,4,6H2. The van der Waals surface area contributed by atoms with Crippen molar-refractivity contribution in [2.24, 2.45) is 0 Å². The van der Waals surface area contributed by atoms with Crippen LogP contribution >= 0.6 is 27.3 Å². The highest BCUT2D eigenvalue weighted by molar-refractivity contribution is 9.11. The summed E-state index contributed by atoms with van der Waals surface area (Å²) in [5.74, 6) is -0.327. The van der Waals surface area contributed by atoms with Gasteiger partial charge in [0.1, 0.15) is 5.83 Å². The molecule has 5 heteroatoms. The van der Waals surface area contributed by atoms with Gasteiger partial charge in [0.25, 0.3) is 5.91 Å². The van der Waals surface area contributed by atoms with Crippen LogP contribution in [0.5, 0.6) is 0 Å². The van der Waals surface area contributed by atoms with Crippen molar-refractivity contribution in [3.8, 4) is 0 Å². The quantitative estimate of drug-likeness (QED) is 0.777. The van der Waals surface area contributed by atoms with Crippen molar-refractivity contribution in [1.82, 2.24) is 4.90 Å². The summed E-state index contributed by atoms with van der Waals surface area (Å²) in [6, 6.07) is 1.76. The van der Waals surface area contributed by atoms with Crippen LogP contribution in [0.15, 0.2) is 27.1 Å². The Kier molecular flexibility index (Phi) is 3.21. The lowest BCUT2D eigenvalue weighted by Gasteiger charge is -2.24. The van der Waals surface area contributed by atoms with Gasteiger partial charge in [0.15, 0.2) is 0 Å². The van der Waals surface area contributed by atoms with Crippen LogP contribution in [0.2, 0.25) is 0 Å². The monoisotopic (exact) mass is 289 g/mol. The number of carbonyl (C=O) groups excluding carboxylic acids is 1. The molecule has 0 unspecified atom stereocenters. The van der Waals surface area contributed by atoms with Crippen molar-refractivity contribution in [3.05, 3.63) is 32.7 Å². The molecule has 1 aliphatic heterocycles. The molecular formula is C10H9BrFNOS. The number of hydrogen-bond donors (Lipinski definition) is 0. The van der Waals surface area contributed by atoms with Crippen molar-refractivity contribution in [2.45, 2.75) is 6.42 Å². The van der Waals surface area contributed by atoms with Gasteiger partial charge in [0.05, 0.1) is 15.9 Å². The molecule has 0 aliphatic carbocycles. The fourth-order valence-electron chi connectivity index (χ4n) is 1.49. The minimum atomic E-state index is -0.221. The third-order valence-corrected chi connectivity index (χ3v) is 3.93. The highest BCUT2D eigenvalue weighted by atomic mass is 79.9. The number of rotatable bonds is 1. The maximum absolute atomic E-state index is 13.0. The first-order valence-corrected chi connectivity index (χ1v) is 6.22. The predicted molar refractivity (Wildman–Crippen MR) is 61.7 cm³/mol. The summed E-state index contributed by atoms with van der Waals surface area (Å²) in [7, 11) is 0. The molecule has 0 bridgehead atoms. The number of halogens is 2. The topological polar surface area (TPSA) is 20.3 Å². The van der Waals surface area contributed by atoms with Gasteiger partial charge in [-0.1, -0.05) is 0 Å². The summed E-state index contributed by atoms with van der Waals surface area (Å²) in [6.07, 6.45) is 2.13. The fourth-order valence-corrected chi connectivity index (χ4v) is 2.72. The van der Waals surface area contributed by atoms with Crippen molar-refractivity contribution in [3.63, 3.8) is 0 Å². The predicted octanol–water partition coefficient (Wildman–Crippen LogP) is 3.21. The Labute approximate surface area is 99.5 Å². The second kappa shape index (κ2) is 4.45. The van der Waals surface area contributed by atoms with Crippen LogP contribution in [0, 0.1) is 0 Å². The highest BCUT2D eigenvalue weighted by Gasteiger charge is 2.21. The fraction of sp³-hybridized carbons (Fsp3) is 0.300. The van der Waals surface area contributed by atoms with Crippen LogP contribution < -0.4 is 0 Å². The van der Waals surface area contributed by atoms with Crippen molar-refractivity contribution in [2.75, 3.05) is 13.1 Å². The summed E-state index contributed by atoms with van der Waals surface area (Å²) in [5, 5.41) is 1.84. The first kappa shape index (κ1) is 10.8. The summed E-state index contributed by atoms with van der Waals surface area (Å²) in [4.78, 5) is 13.5. The molecule has 1 aliphatic rings. The third kappa shape index (κ3) is 2.29. The molecule has 2 nitrogen and oxygen atoms in total. The molecule has 2 heterocycles. The molecule has 1 amide bonds. The van der Waals surface area contributed by atoms with Crippen LogP contribution in [-0.4, -0.2) is 23.9 Å². The second-order valence-corrected chi connectivity index (χ2v) is 5.51. The van der Waals surface area contributed by atoms with E-state index in [1.54, 1.807) is 6.07 Å². The van der Waals surface area contributed by atoms with E-state index in [4.69, 9.17) is 0 Å². The Balaban J connectivity index is 2.16. The molecule has 1 aromatic heterocycles. The van der Waals surface area contributed by atoms with E-state index in [-0.39, 0.29) is 18.3 Å². The Morgan fingerprint density at radius 1 is 1.60 bits per heavy atom. The van der Waals surface area contributed by atoms with E-state index in [0.717, 1.165) is 3.79 Å². The lowest BCUT2D eigenvalue weighted by molar-refractivity contribution is 0.0755. The summed E-state index contributed by atoms with van der Waals surface area (Å²) >= 11 is 4.77. The molecular weight excluding hydrogens is 281 g/mol. The van der Waals surface area contributed by atoms with Gasteiger partial charge in [-0.25, -0.2) is 4.39 Å². The van der Waals surface area contributed by atoms with Crippen LogP contribution in [0.3, 0.4) is 0 Å². The summed E-state index contributed by atoms with van der Waals surface area (Å²) < 4.78 is 13.8. The van der Waals surface area contributed by atoms with Gasteiger partial charge in [-0.05, 0) is 39.9 Å². The molecule has 0 fully saturated rings. The maximum atomic E-state index is 13.0. The summed E-state index contributed by atoms with van der Waals surface area (Å²) in [6.45, 7) is 0.690. The highest BCUT2D eigenvalue weighted by Crippen LogP contribution is 2.25. The third-order valence-electron chi connectivity index (χ3n) is 2.24. The van der Waals surface area contributed by atoms with E-state index in [1.807, 2.05) is 5.38 Å². The molecule has 0 saturated carbocycles. The molecule has 0 N–H and O–H groups in total. The molecule has 0 saturated heterocycles. The number of carbonyl (C=O) groups is 1. The zero-order valence-electron chi connectivity index (χ0n) is 7.87. The van der Waals surface area contributed by atoms with Crippen LogP contribution in [0.1, 0.15) is 16.8 Å². The molecule has 0 spiro atoms. The van der Waals surface area contributed by atoms with Gasteiger partial charge in [0.2, 0.25) is 0 Å². The van der Waals surface area contributed by atoms with E-state index in [9.17, 15) is 9.18 Å². The molecule has 15 heavy (non-hydrogen) atoms. The normalized spacial score (nSPS) is 16.4. The molecule has 0 radical (unpaired) electrons. The van der Waals surface area contributed by atoms with Crippen molar-refractivity contribution >= 4 is 33.2 Å². The van der Waals surface area contributed by atoms with E-state index in [0.29, 0.717) is 18.5 Å². The lowest BCUT2D eigenvalue weighted by atomic mass is 10.2. The zero-order valence-corrected chi connectivity index (χ0v) is 10.3. The Bertz CT molecular complexity index is 415. The van der Waals surface area contributed by atoms with Crippen molar-refractivity contribution in [1.29, 1.82) is 0 Å². The molecule has 0 aromatic carbocycles. The Morgan fingerprint density at radius 3 is 3.00 bits per heavy atom. The molecule has 0 atom stereocenters. The van der Waals surface area contributed by atoms with Crippen LogP contribution in [0.4, 0.5) is 4.39 Å². The minimum absolute atomic E-state index is 0.0983. The van der Waals surface area contributed by atoms with Gasteiger partial charge in [-0.15, -0.1) is 11.3 Å². The number of amides is 1. The number of thiophene rings is 1. The van der Waals surface area contributed by atoms with Gasteiger partial charge in [-0.3, -0.25) is 4.79 Å². The second-order valence-electron chi connectivity index (χ2n) is 3.27. The average Bonchev–Trinajstić information content (AvgIpc) is 2.63. The maximum Gasteiger partial charge on any atom is 0.256 e. The summed E-state index contributed by atoms with van der Waals surface area (Å²) in [5.41, 5.74) is 0.620. The number of hydrogen-bond acceptors (Lipinski definition) is 2. The van der Waals surface area contributed by atoms with E-state index in [2.05, 4.69) is 15.9 Å². The minimum Gasteiger partial charge on any atom is -0.332 e. The first-order chi connectivity index (χ1) is 7.18. The van der Waals surface area contributed by atoms with E-state index < -0.39 is 0 Å². The van der Waals surface area contributed by atoms with Crippen LogP contribution in [-0.2, 0) is 0 Å². The molecule has 80 valence electrons.